The van der Waals surface area contributed by atoms with Gasteiger partial charge in [-0.05, 0) is 62.2 Å². The van der Waals surface area contributed by atoms with Gasteiger partial charge in [-0.1, -0.05) is 24.3 Å². The number of anilines is 2. The molecule has 0 radical (unpaired) electrons. The second-order valence-electron chi connectivity index (χ2n) is 7.13. The molecule has 0 spiro atoms. The van der Waals surface area contributed by atoms with Crippen LogP contribution in [0.2, 0.25) is 0 Å². The van der Waals surface area contributed by atoms with Gasteiger partial charge in [0.25, 0.3) is 0 Å². The Morgan fingerprint density at radius 3 is 2.15 bits per heavy atom. The van der Waals surface area contributed by atoms with Gasteiger partial charge in [0.1, 0.15) is 0 Å². The molecule has 1 atom stereocenters. The molecule has 5 heteroatoms. The lowest BCUT2D eigenvalue weighted by Crippen LogP contribution is -2.41. The van der Waals surface area contributed by atoms with Crippen molar-refractivity contribution in [2.45, 2.75) is 26.7 Å². The topological polar surface area (TPSA) is 70.2 Å². The third-order valence-corrected chi connectivity index (χ3v) is 4.80. The normalized spacial score (nSPS) is 19.2. The number of benzene rings is 2. The molecule has 1 unspecified atom stereocenters. The summed E-state index contributed by atoms with van der Waals surface area (Å²) < 4.78 is 0. The zero-order valence-electron chi connectivity index (χ0n) is 15.3. The predicted molar refractivity (Wildman–Crippen MR) is 104 cm³/mol. The Labute approximate surface area is 154 Å². The predicted octanol–water partition coefficient (Wildman–Crippen LogP) is 3.25. The molecule has 136 valence electrons. The fraction of sp³-hybridized carbons (Fsp3) is 0.333. The van der Waals surface area contributed by atoms with Gasteiger partial charge >= 0.3 is 0 Å². The van der Waals surface area contributed by atoms with Gasteiger partial charge in [-0.15, -0.1) is 0 Å². The molecule has 0 aliphatic carbocycles. The highest BCUT2D eigenvalue weighted by molar-refractivity contribution is 6.01. The summed E-state index contributed by atoms with van der Waals surface area (Å²) in [5, 5.41) is 9.13. The van der Waals surface area contributed by atoms with Gasteiger partial charge in [-0.25, -0.2) is 0 Å². The van der Waals surface area contributed by atoms with Crippen LogP contribution in [0.1, 0.15) is 24.0 Å². The van der Waals surface area contributed by atoms with E-state index in [9.17, 15) is 9.59 Å². The summed E-state index contributed by atoms with van der Waals surface area (Å²) >= 11 is 0. The first-order valence-electron chi connectivity index (χ1n) is 8.92. The van der Waals surface area contributed by atoms with Crippen molar-refractivity contribution < 1.29 is 9.59 Å². The molecule has 1 saturated heterocycles. The average Bonchev–Trinajstić information content (AvgIpc) is 3.04. The Morgan fingerprint density at radius 1 is 1.00 bits per heavy atom. The third kappa shape index (κ3) is 4.29. The van der Waals surface area contributed by atoms with Crippen LogP contribution in [0, 0.1) is 19.3 Å². The molecule has 5 nitrogen and oxygen atoms in total. The summed E-state index contributed by atoms with van der Waals surface area (Å²) in [5.41, 5.74) is 2.96. The van der Waals surface area contributed by atoms with Crippen molar-refractivity contribution in [2.75, 3.05) is 23.7 Å². The van der Waals surface area contributed by atoms with Crippen LogP contribution in [0.3, 0.4) is 0 Å². The van der Waals surface area contributed by atoms with E-state index >= 15 is 0 Å². The van der Waals surface area contributed by atoms with E-state index in [1.54, 1.807) is 0 Å². The highest BCUT2D eigenvalue weighted by Gasteiger charge is 2.43. The highest BCUT2D eigenvalue weighted by atomic mass is 16.2. The maximum absolute atomic E-state index is 13.0. The first-order chi connectivity index (χ1) is 12.5. The fourth-order valence-electron chi connectivity index (χ4n) is 3.39. The number of nitrogens with one attached hydrogen (secondary N) is 3. The Morgan fingerprint density at radius 2 is 1.62 bits per heavy atom. The quantitative estimate of drug-likeness (QED) is 0.774. The minimum absolute atomic E-state index is 0.104. The Balaban J connectivity index is 1.70. The van der Waals surface area contributed by atoms with Crippen molar-refractivity contribution in [1.29, 1.82) is 0 Å². The highest BCUT2D eigenvalue weighted by Crippen LogP contribution is 2.32. The molecule has 2 aromatic carbocycles. The molecule has 0 saturated carbocycles. The maximum Gasteiger partial charge on any atom is 0.232 e. The Bertz CT molecular complexity index is 810. The van der Waals surface area contributed by atoms with Gasteiger partial charge in [0.2, 0.25) is 11.8 Å². The van der Waals surface area contributed by atoms with Crippen LogP contribution in [0.25, 0.3) is 0 Å². The summed E-state index contributed by atoms with van der Waals surface area (Å²) in [5.74, 6) is -0.244. The van der Waals surface area contributed by atoms with Crippen LogP contribution in [0.4, 0.5) is 11.4 Å². The first-order valence-corrected chi connectivity index (χ1v) is 8.92. The standard InChI is InChI=1S/C21H25N3O2/c1-15-5-3-7-17(11-15)23-19(25)13-21(9-10-22-14-21)20(26)24-18-8-4-6-16(2)12-18/h3-8,11-12,22H,9-10,13-14H2,1-2H3,(H,23,25)(H,24,26). The Kier molecular flexibility index (Phi) is 5.38. The van der Waals surface area contributed by atoms with Gasteiger partial charge < -0.3 is 16.0 Å². The molecule has 26 heavy (non-hydrogen) atoms. The summed E-state index contributed by atoms with van der Waals surface area (Å²) in [6.07, 6.45) is 0.803. The molecule has 3 N–H and O–H groups in total. The molecular formula is C21H25N3O2. The summed E-state index contributed by atoms with van der Waals surface area (Å²) in [4.78, 5) is 25.5. The van der Waals surface area contributed by atoms with Gasteiger partial charge in [0, 0.05) is 24.3 Å². The number of rotatable bonds is 5. The minimum atomic E-state index is -0.725. The van der Waals surface area contributed by atoms with E-state index in [4.69, 9.17) is 0 Å². The van der Waals surface area contributed by atoms with E-state index in [2.05, 4.69) is 16.0 Å². The van der Waals surface area contributed by atoms with Crippen LogP contribution in [-0.2, 0) is 9.59 Å². The van der Waals surface area contributed by atoms with Crippen LogP contribution in [-0.4, -0.2) is 24.9 Å². The maximum atomic E-state index is 13.0. The molecule has 3 rings (SSSR count). The fourth-order valence-corrected chi connectivity index (χ4v) is 3.39. The van der Waals surface area contributed by atoms with E-state index < -0.39 is 5.41 Å². The van der Waals surface area contributed by atoms with E-state index in [1.165, 1.54) is 0 Å². The number of aryl methyl sites for hydroxylation is 2. The van der Waals surface area contributed by atoms with E-state index in [-0.39, 0.29) is 18.2 Å². The lowest BCUT2D eigenvalue weighted by atomic mass is 9.82. The summed E-state index contributed by atoms with van der Waals surface area (Å²) in [6.45, 7) is 5.20. The van der Waals surface area contributed by atoms with Gasteiger partial charge in [-0.3, -0.25) is 9.59 Å². The first kappa shape index (κ1) is 18.1. The summed E-state index contributed by atoms with van der Waals surface area (Å²) in [7, 11) is 0. The Hall–Kier alpha value is -2.66. The molecule has 0 bridgehead atoms. The zero-order valence-corrected chi connectivity index (χ0v) is 15.3. The lowest BCUT2D eigenvalue weighted by molar-refractivity contribution is -0.129. The smallest absolute Gasteiger partial charge is 0.232 e. The van der Waals surface area contributed by atoms with Gasteiger partial charge in [0.15, 0.2) is 0 Å². The second-order valence-corrected chi connectivity index (χ2v) is 7.13. The molecule has 2 aromatic rings. The lowest BCUT2D eigenvalue weighted by Gasteiger charge is -2.26. The zero-order chi connectivity index (χ0) is 18.6. The van der Waals surface area contributed by atoms with E-state index in [0.29, 0.717) is 13.0 Å². The van der Waals surface area contributed by atoms with Crippen molar-refractivity contribution in [3.8, 4) is 0 Å². The molecule has 1 fully saturated rings. The molecule has 1 aliphatic heterocycles. The number of amides is 2. The van der Waals surface area contributed by atoms with E-state index in [0.717, 1.165) is 29.0 Å². The van der Waals surface area contributed by atoms with Crippen LogP contribution >= 0.6 is 0 Å². The number of carbonyl (C=O) groups excluding carboxylic acids is 2. The number of hydrogen-bond donors (Lipinski definition) is 3. The van der Waals surface area contributed by atoms with E-state index in [1.807, 2.05) is 62.4 Å². The van der Waals surface area contributed by atoms with Crippen molar-refractivity contribution in [2.24, 2.45) is 5.41 Å². The van der Waals surface area contributed by atoms with Crippen molar-refractivity contribution in [3.63, 3.8) is 0 Å². The number of hydrogen-bond acceptors (Lipinski definition) is 3. The SMILES string of the molecule is Cc1cccc(NC(=O)CC2(C(=O)Nc3cccc(C)c3)CCNC2)c1. The number of carbonyl (C=O) groups is 2. The average molecular weight is 351 g/mol. The van der Waals surface area contributed by atoms with Crippen molar-refractivity contribution in [3.05, 3.63) is 59.7 Å². The van der Waals surface area contributed by atoms with Crippen LogP contribution in [0.15, 0.2) is 48.5 Å². The van der Waals surface area contributed by atoms with Crippen LogP contribution in [0.5, 0.6) is 0 Å². The monoisotopic (exact) mass is 351 g/mol. The van der Waals surface area contributed by atoms with Gasteiger partial charge in [0.05, 0.1) is 5.41 Å². The molecule has 2 amide bonds. The summed E-state index contributed by atoms with van der Waals surface area (Å²) in [6, 6.07) is 15.4. The largest absolute Gasteiger partial charge is 0.326 e. The second kappa shape index (κ2) is 7.70. The van der Waals surface area contributed by atoms with Crippen molar-refractivity contribution >= 4 is 23.2 Å². The minimum Gasteiger partial charge on any atom is -0.326 e. The molecular weight excluding hydrogens is 326 g/mol. The van der Waals surface area contributed by atoms with Crippen LogP contribution < -0.4 is 16.0 Å². The third-order valence-electron chi connectivity index (χ3n) is 4.80. The molecule has 1 aliphatic rings. The molecule has 0 aromatic heterocycles. The van der Waals surface area contributed by atoms with Gasteiger partial charge in [-0.2, -0.15) is 0 Å². The van der Waals surface area contributed by atoms with Crippen molar-refractivity contribution in [1.82, 2.24) is 5.32 Å². The molecule has 1 heterocycles.